The normalized spacial score (nSPS) is 9.00. The molecule has 0 aromatic rings. The van der Waals surface area contributed by atoms with Crippen LogP contribution in [0.5, 0.6) is 0 Å². The molecule has 0 heterocycles. The van der Waals surface area contributed by atoms with E-state index in [1.807, 2.05) is 0 Å². The molecule has 0 saturated carbocycles. The standard InChI is InChI=1S/H4O3Si/c1-4(2)3/h1-4H. The first kappa shape index (κ1) is 4.10. The molecule has 0 rings (SSSR count). The third-order valence-electron chi connectivity index (χ3n) is 0. The van der Waals surface area contributed by atoms with Gasteiger partial charge in [0.25, 0.3) is 0 Å². The zero-order chi connectivity index (χ0) is 3.58. The summed E-state index contributed by atoms with van der Waals surface area (Å²) in [5.41, 5.74) is 0. The lowest BCUT2D eigenvalue weighted by atomic mass is 15.8. The van der Waals surface area contributed by atoms with Crippen LogP contribution >= 0.6 is 0 Å². The van der Waals surface area contributed by atoms with E-state index >= 15 is 0 Å². The van der Waals surface area contributed by atoms with Gasteiger partial charge in [0, 0.05) is 0 Å². The molecule has 0 radical (unpaired) electrons. The van der Waals surface area contributed by atoms with Crippen LogP contribution in [0.1, 0.15) is 0 Å². The molecule has 0 aliphatic heterocycles. The maximum atomic E-state index is 7.31. The zero-order valence-electron chi connectivity index (χ0n) is 1.92. The fraction of sp³-hybridized carbons (Fsp3) is 0. The number of rotatable bonds is 0. The first-order valence-corrected chi connectivity index (χ1v) is 2.32. The number of hydrogen-bond acceptors (Lipinski definition) is 3. The van der Waals surface area contributed by atoms with E-state index in [4.69, 9.17) is 14.4 Å². The van der Waals surface area contributed by atoms with E-state index < -0.39 is 9.53 Å². The molecule has 0 aromatic heterocycles. The summed E-state index contributed by atoms with van der Waals surface area (Å²) in [4.78, 5) is 21.9. The Bertz CT molecular complexity index is 8.00. The summed E-state index contributed by atoms with van der Waals surface area (Å²) in [6.45, 7) is 0. The van der Waals surface area contributed by atoms with Crippen LogP contribution in [0.2, 0.25) is 0 Å². The van der Waals surface area contributed by atoms with E-state index in [-0.39, 0.29) is 0 Å². The molecule has 0 spiro atoms. The van der Waals surface area contributed by atoms with Crippen molar-refractivity contribution in [3.8, 4) is 0 Å². The van der Waals surface area contributed by atoms with Gasteiger partial charge < -0.3 is 14.4 Å². The lowest BCUT2D eigenvalue weighted by molar-refractivity contribution is 0.278. The topological polar surface area (TPSA) is 60.7 Å². The molecular formula is H4O3Si. The van der Waals surface area contributed by atoms with Crippen LogP contribution in [0.3, 0.4) is 0 Å². The molecule has 0 fully saturated rings. The largest absolute Gasteiger partial charge is 0.475 e. The van der Waals surface area contributed by atoms with E-state index in [0.717, 1.165) is 0 Å². The molecule has 0 aliphatic rings. The highest BCUT2D eigenvalue weighted by Crippen LogP contribution is 1.40. The molecule has 0 bridgehead atoms. The van der Waals surface area contributed by atoms with Crippen LogP contribution in [-0.2, 0) is 0 Å². The van der Waals surface area contributed by atoms with Crippen molar-refractivity contribution in [2.24, 2.45) is 0 Å². The Morgan fingerprint density at radius 1 is 1.00 bits per heavy atom. The zero-order valence-corrected chi connectivity index (χ0v) is 3.07. The Morgan fingerprint density at radius 3 is 1.00 bits per heavy atom. The minimum atomic E-state index is -3.14. The smallest absolute Gasteiger partial charge is 0.392 e. The van der Waals surface area contributed by atoms with Crippen LogP contribution < -0.4 is 0 Å². The van der Waals surface area contributed by atoms with Crippen LogP contribution in [0.25, 0.3) is 0 Å². The molecule has 26 valence electrons. The summed E-state index contributed by atoms with van der Waals surface area (Å²) in [5, 5.41) is 0. The molecule has 0 atom stereocenters. The molecule has 0 aromatic carbocycles. The van der Waals surface area contributed by atoms with E-state index in [0.29, 0.717) is 0 Å². The van der Waals surface area contributed by atoms with Crippen molar-refractivity contribution in [3.05, 3.63) is 0 Å². The molecule has 0 aliphatic carbocycles. The van der Waals surface area contributed by atoms with Gasteiger partial charge >= 0.3 is 9.53 Å². The molecule has 4 heteroatoms. The van der Waals surface area contributed by atoms with Gasteiger partial charge in [0.1, 0.15) is 0 Å². The minimum absolute atomic E-state index is 3.14. The van der Waals surface area contributed by atoms with Gasteiger partial charge in [-0.15, -0.1) is 0 Å². The predicted octanol–water partition coefficient (Wildman–Crippen LogP) is -2.32. The Balaban J connectivity index is 2.32. The maximum Gasteiger partial charge on any atom is 0.475 e. The van der Waals surface area contributed by atoms with Crippen LogP contribution in [0, 0.1) is 0 Å². The highest BCUT2D eigenvalue weighted by Gasteiger charge is 1.83. The maximum absolute atomic E-state index is 7.31. The molecule has 3 N–H and O–H groups in total. The van der Waals surface area contributed by atoms with Crippen molar-refractivity contribution in [3.63, 3.8) is 0 Å². The van der Waals surface area contributed by atoms with Gasteiger partial charge in [0.05, 0.1) is 0 Å². The molecule has 0 saturated heterocycles. The second kappa shape index (κ2) is 1.42. The fourth-order valence-electron chi connectivity index (χ4n) is 0. The van der Waals surface area contributed by atoms with Gasteiger partial charge in [0.2, 0.25) is 0 Å². The molecule has 0 amide bonds. The third kappa shape index (κ3) is 269. The molecular weight excluding hydrogens is 76.1 g/mol. The highest BCUT2D eigenvalue weighted by atomic mass is 28.3. The summed E-state index contributed by atoms with van der Waals surface area (Å²) in [6, 6.07) is 0. The molecule has 4 heavy (non-hydrogen) atoms. The van der Waals surface area contributed by atoms with E-state index in [1.54, 1.807) is 0 Å². The lowest BCUT2D eigenvalue weighted by Crippen LogP contribution is -2.07. The number of hydrogen-bond donors (Lipinski definition) is 3. The summed E-state index contributed by atoms with van der Waals surface area (Å²) >= 11 is 0. The van der Waals surface area contributed by atoms with Crippen molar-refractivity contribution in [1.82, 2.24) is 0 Å². The van der Waals surface area contributed by atoms with E-state index in [1.165, 1.54) is 0 Å². The van der Waals surface area contributed by atoms with Gasteiger partial charge in [-0.1, -0.05) is 0 Å². The predicted molar refractivity (Wildman–Crippen MR) is 13.8 cm³/mol. The quantitative estimate of drug-likeness (QED) is 0.286. The average Bonchev–Trinajstić information content (AvgIpc) is 0.811. The molecule has 3 nitrogen and oxygen atoms in total. The van der Waals surface area contributed by atoms with Crippen LogP contribution in [-0.4, -0.2) is 23.9 Å². The third-order valence-corrected chi connectivity index (χ3v) is 0. The van der Waals surface area contributed by atoms with Gasteiger partial charge in [-0.3, -0.25) is 0 Å². The average molecular weight is 80.1 g/mol. The van der Waals surface area contributed by atoms with Crippen LogP contribution in [0.15, 0.2) is 0 Å². The van der Waals surface area contributed by atoms with Gasteiger partial charge in [-0.05, 0) is 0 Å². The van der Waals surface area contributed by atoms with Crippen molar-refractivity contribution >= 4 is 9.53 Å². The Hall–Kier alpha value is 0.0969. The monoisotopic (exact) mass is 80.0 g/mol. The van der Waals surface area contributed by atoms with Gasteiger partial charge in [-0.2, -0.15) is 0 Å². The van der Waals surface area contributed by atoms with E-state index in [2.05, 4.69) is 0 Å². The second-order valence-corrected chi connectivity index (χ2v) is 1.04. The second-order valence-electron chi connectivity index (χ2n) is 0.346. The van der Waals surface area contributed by atoms with Crippen LogP contribution in [0.4, 0.5) is 0 Å². The van der Waals surface area contributed by atoms with Crippen molar-refractivity contribution in [2.75, 3.05) is 0 Å². The van der Waals surface area contributed by atoms with Crippen molar-refractivity contribution < 1.29 is 14.4 Å². The Labute approximate surface area is 25.1 Å². The minimum Gasteiger partial charge on any atom is -0.392 e. The summed E-state index contributed by atoms with van der Waals surface area (Å²) in [6.07, 6.45) is 0. The Morgan fingerprint density at radius 2 is 1.00 bits per heavy atom. The summed E-state index contributed by atoms with van der Waals surface area (Å²) < 4.78 is 0. The summed E-state index contributed by atoms with van der Waals surface area (Å²) in [7, 11) is -3.14. The van der Waals surface area contributed by atoms with Gasteiger partial charge in [0.15, 0.2) is 0 Å². The Kier molecular flexibility index (Phi) is 1.45. The highest BCUT2D eigenvalue weighted by molar-refractivity contribution is 6.30. The van der Waals surface area contributed by atoms with Crippen molar-refractivity contribution in [2.45, 2.75) is 0 Å². The first-order valence-electron chi connectivity index (χ1n) is 0.775. The van der Waals surface area contributed by atoms with Gasteiger partial charge in [-0.25, -0.2) is 0 Å². The lowest BCUT2D eigenvalue weighted by Gasteiger charge is -1.74. The van der Waals surface area contributed by atoms with E-state index in [9.17, 15) is 0 Å². The summed E-state index contributed by atoms with van der Waals surface area (Å²) in [5.74, 6) is 0. The SMILES string of the molecule is O[SiH](O)O. The fourth-order valence-corrected chi connectivity index (χ4v) is 0. The van der Waals surface area contributed by atoms with Crippen molar-refractivity contribution in [1.29, 1.82) is 0 Å². The molecule has 0 unspecified atom stereocenters. The first-order chi connectivity index (χ1) is 1.73.